The van der Waals surface area contributed by atoms with Crippen LogP contribution in [0.1, 0.15) is 40.2 Å². The summed E-state index contributed by atoms with van der Waals surface area (Å²) in [6.07, 6.45) is -2.92. The number of alkyl halides is 3. The molecule has 0 spiro atoms. The number of carboxylic acids is 1. The Hall–Kier alpha value is -4.43. The van der Waals surface area contributed by atoms with Gasteiger partial charge in [0.15, 0.2) is 11.4 Å². The second-order valence-electron chi connectivity index (χ2n) is 8.89. The van der Waals surface area contributed by atoms with Crippen molar-refractivity contribution in [1.82, 2.24) is 19.6 Å². The minimum atomic E-state index is -5.08. The summed E-state index contributed by atoms with van der Waals surface area (Å²) >= 11 is 0. The van der Waals surface area contributed by atoms with Crippen LogP contribution < -0.4 is 10.1 Å². The molecule has 1 aliphatic rings. The molecule has 2 amide bonds. The van der Waals surface area contributed by atoms with Crippen LogP contribution in [0.15, 0.2) is 30.5 Å². The van der Waals surface area contributed by atoms with Crippen LogP contribution in [0.3, 0.4) is 0 Å². The largest absolute Gasteiger partial charge is 0.490 e. The summed E-state index contributed by atoms with van der Waals surface area (Å²) < 4.78 is 67.0. The number of aryl methyl sites for hydroxylation is 2. The van der Waals surface area contributed by atoms with E-state index in [0.29, 0.717) is 24.3 Å². The van der Waals surface area contributed by atoms with Gasteiger partial charge in [-0.05, 0) is 50.5 Å². The van der Waals surface area contributed by atoms with Crippen molar-refractivity contribution in [3.05, 3.63) is 64.6 Å². The molecular weight excluding hydrogens is 547 g/mol. The van der Waals surface area contributed by atoms with Gasteiger partial charge in [-0.15, -0.1) is 0 Å². The van der Waals surface area contributed by atoms with E-state index in [1.54, 1.807) is 30.5 Å². The summed E-state index contributed by atoms with van der Waals surface area (Å²) in [5.41, 5.74) is 1.63. The van der Waals surface area contributed by atoms with Crippen molar-refractivity contribution in [2.45, 2.75) is 45.5 Å². The van der Waals surface area contributed by atoms with Crippen molar-refractivity contribution in [3.63, 3.8) is 0 Å². The average molecular weight is 572 g/mol. The Morgan fingerprint density at radius 3 is 2.35 bits per heavy atom. The molecule has 4 rings (SSSR count). The zero-order valence-electron chi connectivity index (χ0n) is 21.3. The lowest BCUT2D eigenvalue weighted by atomic mass is 10.2. The maximum atomic E-state index is 14.0. The number of hydrogen-bond acceptors (Lipinski definition) is 5. The molecule has 0 bridgehead atoms. The number of rotatable bonds is 6. The van der Waals surface area contributed by atoms with E-state index in [0.717, 1.165) is 24.1 Å². The fourth-order valence-electron chi connectivity index (χ4n) is 4.15. The molecule has 1 fully saturated rings. The maximum Gasteiger partial charge on any atom is 0.490 e. The molecule has 0 radical (unpaired) electrons. The molecule has 10 nitrogen and oxygen atoms in total. The normalized spacial score (nSPS) is 15.0. The zero-order chi connectivity index (χ0) is 29.8. The lowest BCUT2D eigenvalue weighted by Crippen LogP contribution is -2.42. The van der Waals surface area contributed by atoms with E-state index >= 15 is 0 Å². The summed E-state index contributed by atoms with van der Waals surface area (Å²) in [6.45, 7) is 3.79. The van der Waals surface area contributed by atoms with Gasteiger partial charge >= 0.3 is 18.2 Å². The van der Waals surface area contributed by atoms with Gasteiger partial charge in [0.05, 0.1) is 17.3 Å². The van der Waals surface area contributed by atoms with Crippen LogP contribution in [-0.2, 0) is 11.4 Å². The van der Waals surface area contributed by atoms with Gasteiger partial charge in [-0.3, -0.25) is 9.20 Å². The lowest BCUT2D eigenvalue weighted by molar-refractivity contribution is -0.192. The highest BCUT2D eigenvalue weighted by Gasteiger charge is 2.38. The summed E-state index contributed by atoms with van der Waals surface area (Å²) in [5.74, 6) is -4.28. The number of fused-ring (bicyclic) bond motifs is 1. The number of halogens is 5. The topological polar surface area (TPSA) is 133 Å². The molecule has 2 aromatic heterocycles. The van der Waals surface area contributed by atoms with E-state index in [1.165, 1.54) is 11.0 Å². The van der Waals surface area contributed by atoms with E-state index in [9.17, 15) is 36.6 Å². The fraction of sp³-hybridized carbons (Fsp3) is 0.360. The predicted octanol–water partition coefficient (Wildman–Crippen LogP) is 4.31. The Morgan fingerprint density at radius 2 is 1.77 bits per heavy atom. The number of carbonyl (C=O) groups is 3. The van der Waals surface area contributed by atoms with Gasteiger partial charge in [-0.2, -0.15) is 13.2 Å². The number of aliphatic carboxylic acids is 1. The van der Waals surface area contributed by atoms with Crippen molar-refractivity contribution in [1.29, 1.82) is 0 Å². The lowest BCUT2D eigenvalue weighted by Gasteiger charge is -2.21. The van der Waals surface area contributed by atoms with Gasteiger partial charge in [0, 0.05) is 19.3 Å². The van der Waals surface area contributed by atoms with Crippen LogP contribution in [0.25, 0.3) is 5.65 Å². The number of ether oxygens (including phenoxy) is 1. The number of nitrogens with zero attached hydrogens (tertiary/aromatic N) is 3. The van der Waals surface area contributed by atoms with Crippen LogP contribution in [0.5, 0.6) is 5.75 Å². The number of benzene rings is 1. The number of pyridine rings is 1. The first-order valence-corrected chi connectivity index (χ1v) is 11.8. The van der Waals surface area contributed by atoms with Gasteiger partial charge in [-0.25, -0.2) is 23.4 Å². The second kappa shape index (κ2) is 12.2. The first-order chi connectivity index (χ1) is 18.7. The monoisotopic (exact) mass is 572 g/mol. The SMILES string of the molecule is Cc1cc(OCc2c(F)cccc2F)c2nc(C)c(C(=O)NC[C@H]3CCCN3C(=O)O)n2c1.O=C(O)C(F)(F)F. The molecule has 15 heteroatoms. The van der Waals surface area contributed by atoms with Crippen molar-refractivity contribution >= 4 is 23.6 Å². The number of amides is 2. The van der Waals surface area contributed by atoms with E-state index in [1.807, 2.05) is 0 Å². The summed E-state index contributed by atoms with van der Waals surface area (Å²) in [5, 5.41) is 19.2. The third-order valence-electron chi connectivity index (χ3n) is 6.01. The molecule has 216 valence electrons. The van der Waals surface area contributed by atoms with E-state index < -0.39 is 35.8 Å². The highest BCUT2D eigenvalue weighted by atomic mass is 19.4. The van der Waals surface area contributed by atoms with Crippen molar-refractivity contribution in [2.24, 2.45) is 0 Å². The first-order valence-electron chi connectivity index (χ1n) is 11.8. The molecule has 1 saturated heterocycles. The Bertz CT molecular complexity index is 1400. The summed E-state index contributed by atoms with van der Waals surface area (Å²) in [4.78, 5) is 39.0. The molecule has 1 atom stereocenters. The number of carboxylic acid groups (broad SMARTS) is 2. The Morgan fingerprint density at radius 1 is 1.15 bits per heavy atom. The molecule has 0 aliphatic carbocycles. The van der Waals surface area contributed by atoms with Gasteiger partial charge in [0.2, 0.25) is 0 Å². The smallest absolute Gasteiger partial charge is 0.485 e. The Balaban J connectivity index is 0.000000559. The minimum absolute atomic E-state index is 0.194. The number of hydrogen-bond donors (Lipinski definition) is 3. The van der Waals surface area contributed by atoms with Gasteiger partial charge < -0.3 is 25.2 Å². The van der Waals surface area contributed by atoms with Crippen LogP contribution >= 0.6 is 0 Å². The first kappa shape index (κ1) is 30.1. The molecule has 3 heterocycles. The molecule has 3 aromatic rings. The van der Waals surface area contributed by atoms with E-state index in [-0.39, 0.29) is 36.2 Å². The molecule has 1 aliphatic heterocycles. The fourth-order valence-corrected chi connectivity index (χ4v) is 4.15. The minimum Gasteiger partial charge on any atom is -0.485 e. The van der Waals surface area contributed by atoms with Crippen molar-refractivity contribution in [3.8, 4) is 5.75 Å². The maximum absolute atomic E-state index is 14.0. The molecule has 0 unspecified atom stereocenters. The quantitative estimate of drug-likeness (QED) is 0.375. The standard InChI is InChI=1S/C23H24F2N4O4.C2HF3O2/c1-13-9-19(33-12-16-17(24)6-3-7-18(16)25)21-27-14(2)20(29(21)11-13)22(30)26-10-15-5-4-8-28(15)23(31)32;3-2(4,5)1(6)7/h3,6-7,9,11,15H,4-5,8,10,12H2,1-2H3,(H,26,30)(H,31,32);(H,6,7)/t15-;/m1./s1. The third kappa shape index (κ3) is 6.95. The molecular formula is C25H25F5N4O6. The zero-order valence-corrected chi connectivity index (χ0v) is 21.3. The van der Waals surface area contributed by atoms with Gasteiger partial charge in [-0.1, -0.05) is 6.07 Å². The number of nitrogens with one attached hydrogen (secondary N) is 1. The van der Waals surface area contributed by atoms with E-state index in [4.69, 9.17) is 14.6 Å². The van der Waals surface area contributed by atoms with Crippen LogP contribution in [0, 0.1) is 25.5 Å². The molecule has 3 N–H and O–H groups in total. The second-order valence-corrected chi connectivity index (χ2v) is 8.89. The van der Waals surface area contributed by atoms with Crippen molar-refractivity contribution in [2.75, 3.05) is 13.1 Å². The predicted molar refractivity (Wildman–Crippen MR) is 129 cm³/mol. The number of imidazole rings is 1. The average Bonchev–Trinajstić information content (AvgIpc) is 3.46. The molecule has 0 saturated carbocycles. The number of carbonyl (C=O) groups excluding carboxylic acids is 1. The van der Waals surface area contributed by atoms with Gasteiger partial charge in [0.25, 0.3) is 5.91 Å². The van der Waals surface area contributed by atoms with Gasteiger partial charge in [0.1, 0.15) is 23.9 Å². The molecule has 40 heavy (non-hydrogen) atoms. The summed E-state index contributed by atoms with van der Waals surface area (Å²) in [7, 11) is 0. The van der Waals surface area contributed by atoms with E-state index in [2.05, 4.69) is 10.3 Å². The molecule has 1 aromatic carbocycles. The summed E-state index contributed by atoms with van der Waals surface area (Å²) in [6, 6.07) is 5.01. The highest BCUT2D eigenvalue weighted by Crippen LogP contribution is 2.26. The van der Waals surface area contributed by atoms with Crippen LogP contribution in [0.4, 0.5) is 26.7 Å². The number of aromatic nitrogens is 2. The van der Waals surface area contributed by atoms with Crippen LogP contribution in [-0.4, -0.2) is 67.8 Å². The number of likely N-dealkylation sites (tertiary alicyclic amines) is 1. The van der Waals surface area contributed by atoms with Crippen LogP contribution in [0.2, 0.25) is 0 Å². The highest BCUT2D eigenvalue weighted by molar-refractivity contribution is 5.95. The third-order valence-corrected chi connectivity index (χ3v) is 6.01. The Labute approximate surface area is 224 Å². The van der Waals surface area contributed by atoms with Crippen molar-refractivity contribution < 1.29 is 51.3 Å². The Kier molecular flexibility index (Phi) is 9.17.